The van der Waals surface area contributed by atoms with Crippen molar-refractivity contribution in [1.82, 2.24) is 4.90 Å². The minimum atomic E-state index is -0.690. The first-order valence-corrected chi connectivity index (χ1v) is 7.01. The Morgan fingerprint density at radius 3 is 3.00 bits per heavy atom. The molecule has 0 amide bonds. The van der Waals surface area contributed by atoms with Crippen molar-refractivity contribution in [3.63, 3.8) is 0 Å². The highest BCUT2D eigenvalue weighted by Crippen LogP contribution is 2.39. The molecule has 3 nitrogen and oxygen atoms in total. The van der Waals surface area contributed by atoms with Gasteiger partial charge in [0.25, 0.3) is 0 Å². The molecule has 1 aromatic rings. The number of carboxylic acids is 1. The van der Waals surface area contributed by atoms with E-state index in [1.165, 1.54) is 4.88 Å². The zero-order valence-electron chi connectivity index (χ0n) is 10.3. The lowest BCUT2D eigenvalue weighted by atomic mass is 9.96. The minimum absolute atomic E-state index is 0.249. The third kappa shape index (κ3) is 2.11. The summed E-state index contributed by atoms with van der Waals surface area (Å²) in [7, 11) is 0. The molecule has 0 bridgehead atoms. The molecule has 1 N–H and O–H groups in total. The van der Waals surface area contributed by atoms with E-state index in [4.69, 9.17) is 0 Å². The van der Waals surface area contributed by atoms with E-state index in [1.807, 2.05) is 13.0 Å². The summed E-state index contributed by atoms with van der Waals surface area (Å²) in [4.78, 5) is 14.9. The van der Waals surface area contributed by atoms with Crippen LogP contribution in [0.25, 0.3) is 0 Å². The van der Waals surface area contributed by atoms with Gasteiger partial charge >= 0.3 is 5.97 Å². The lowest BCUT2D eigenvalue weighted by Crippen LogP contribution is -2.49. The summed E-state index contributed by atoms with van der Waals surface area (Å²) in [6.07, 6.45) is 2.69. The Labute approximate surface area is 106 Å². The van der Waals surface area contributed by atoms with Crippen molar-refractivity contribution < 1.29 is 9.90 Å². The fourth-order valence-corrected chi connectivity index (χ4v) is 3.69. The molecule has 0 aromatic carbocycles. The van der Waals surface area contributed by atoms with Gasteiger partial charge in [-0.1, -0.05) is 13.0 Å². The van der Waals surface area contributed by atoms with E-state index in [-0.39, 0.29) is 6.04 Å². The number of carboxylic acid groups (broad SMARTS) is 1. The number of hydrogen-bond donors (Lipinski definition) is 1. The molecule has 1 aromatic heterocycles. The quantitative estimate of drug-likeness (QED) is 0.896. The van der Waals surface area contributed by atoms with Crippen LogP contribution in [0.3, 0.4) is 0 Å². The molecule has 0 saturated carbocycles. The second kappa shape index (κ2) is 4.78. The van der Waals surface area contributed by atoms with Crippen molar-refractivity contribution >= 4 is 17.3 Å². The summed E-state index contributed by atoms with van der Waals surface area (Å²) < 4.78 is 0. The highest BCUT2D eigenvalue weighted by Gasteiger charge is 2.46. The van der Waals surface area contributed by atoms with Crippen LogP contribution in [0.4, 0.5) is 0 Å². The molecule has 4 heteroatoms. The lowest BCUT2D eigenvalue weighted by molar-refractivity contribution is -0.150. The Morgan fingerprint density at radius 1 is 1.71 bits per heavy atom. The summed E-state index contributed by atoms with van der Waals surface area (Å²) in [6, 6.07) is 4.40. The Bertz CT molecular complexity index is 390. The van der Waals surface area contributed by atoms with Gasteiger partial charge in [0.15, 0.2) is 0 Å². The van der Waals surface area contributed by atoms with Crippen LogP contribution in [0.2, 0.25) is 0 Å². The van der Waals surface area contributed by atoms with E-state index in [0.29, 0.717) is 0 Å². The summed E-state index contributed by atoms with van der Waals surface area (Å²) in [5.74, 6) is -0.690. The normalized spacial score (nSPS) is 27.2. The lowest BCUT2D eigenvalue weighted by Gasteiger charge is -2.37. The molecule has 0 radical (unpaired) electrons. The predicted octanol–water partition coefficient (Wildman–Crippen LogP) is 3.14. The SMILES string of the molecule is CCC(c1cccs1)N1CCCC1(C)C(=O)O. The molecule has 2 rings (SSSR count). The highest BCUT2D eigenvalue weighted by atomic mass is 32.1. The second-order valence-electron chi connectivity index (χ2n) is 4.82. The first-order chi connectivity index (χ1) is 8.09. The molecule has 1 aliphatic heterocycles. The average Bonchev–Trinajstić information content (AvgIpc) is 2.91. The van der Waals surface area contributed by atoms with Crippen molar-refractivity contribution in [3.8, 4) is 0 Å². The maximum atomic E-state index is 11.5. The van der Waals surface area contributed by atoms with Gasteiger partial charge in [-0.25, -0.2) is 0 Å². The first-order valence-electron chi connectivity index (χ1n) is 6.13. The van der Waals surface area contributed by atoms with Crippen LogP contribution < -0.4 is 0 Å². The Kier molecular flexibility index (Phi) is 3.54. The molecule has 0 spiro atoms. The number of rotatable bonds is 4. The van der Waals surface area contributed by atoms with Gasteiger partial charge in [-0.3, -0.25) is 9.69 Å². The molecule has 94 valence electrons. The zero-order valence-corrected chi connectivity index (χ0v) is 11.2. The number of nitrogens with zero attached hydrogens (tertiary/aromatic N) is 1. The van der Waals surface area contributed by atoms with Crippen LogP contribution >= 0.6 is 11.3 Å². The molecule has 1 aliphatic rings. The number of likely N-dealkylation sites (tertiary alicyclic amines) is 1. The third-order valence-corrected chi connectivity index (χ3v) is 4.77. The smallest absolute Gasteiger partial charge is 0.323 e. The first kappa shape index (κ1) is 12.6. The van der Waals surface area contributed by atoms with Crippen molar-refractivity contribution in [3.05, 3.63) is 22.4 Å². The van der Waals surface area contributed by atoms with E-state index < -0.39 is 11.5 Å². The molecule has 1 saturated heterocycles. The molecule has 2 unspecified atom stereocenters. The van der Waals surface area contributed by atoms with Gasteiger partial charge in [0, 0.05) is 10.9 Å². The van der Waals surface area contributed by atoms with Gasteiger partial charge in [0.2, 0.25) is 0 Å². The Morgan fingerprint density at radius 2 is 2.47 bits per heavy atom. The summed E-state index contributed by atoms with van der Waals surface area (Å²) in [5.41, 5.74) is -0.690. The van der Waals surface area contributed by atoms with E-state index in [0.717, 1.165) is 25.8 Å². The standard InChI is InChI=1S/C13H19NO2S/c1-3-10(11-6-4-9-17-11)14-8-5-7-13(14,2)12(15)16/h4,6,9-10H,3,5,7-8H2,1-2H3,(H,15,16). The molecule has 2 atom stereocenters. The minimum Gasteiger partial charge on any atom is -0.480 e. The largest absolute Gasteiger partial charge is 0.480 e. The fourth-order valence-electron chi connectivity index (χ4n) is 2.77. The molecule has 0 aliphatic carbocycles. The van der Waals surface area contributed by atoms with E-state index in [2.05, 4.69) is 23.3 Å². The van der Waals surface area contributed by atoms with Gasteiger partial charge in [0.05, 0.1) is 0 Å². The number of carbonyl (C=O) groups is 1. The molecular formula is C13H19NO2S. The van der Waals surface area contributed by atoms with Crippen molar-refractivity contribution in [1.29, 1.82) is 0 Å². The Balaban J connectivity index is 2.28. The van der Waals surface area contributed by atoms with Crippen molar-refractivity contribution in [2.75, 3.05) is 6.54 Å². The monoisotopic (exact) mass is 253 g/mol. The van der Waals surface area contributed by atoms with Crippen LogP contribution in [-0.4, -0.2) is 28.1 Å². The summed E-state index contributed by atoms with van der Waals surface area (Å²) >= 11 is 1.72. The fraction of sp³-hybridized carbons (Fsp3) is 0.615. The number of aliphatic carboxylic acids is 1. The molecule has 2 heterocycles. The third-order valence-electron chi connectivity index (χ3n) is 3.79. The molecular weight excluding hydrogens is 234 g/mol. The number of hydrogen-bond acceptors (Lipinski definition) is 3. The Hall–Kier alpha value is -0.870. The maximum absolute atomic E-state index is 11.5. The summed E-state index contributed by atoms with van der Waals surface area (Å²) in [6.45, 7) is 4.88. The zero-order chi connectivity index (χ0) is 12.5. The van der Waals surface area contributed by atoms with Crippen LogP contribution in [0.1, 0.15) is 44.0 Å². The van der Waals surface area contributed by atoms with Gasteiger partial charge in [-0.05, 0) is 44.2 Å². The maximum Gasteiger partial charge on any atom is 0.323 e. The highest BCUT2D eigenvalue weighted by molar-refractivity contribution is 7.10. The second-order valence-corrected chi connectivity index (χ2v) is 5.79. The van der Waals surface area contributed by atoms with Crippen LogP contribution in [-0.2, 0) is 4.79 Å². The van der Waals surface area contributed by atoms with E-state index >= 15 is 0 Å². The average molecular weight is 253 g/mol. The number of thiophene rings is 1. The van der Waals surface area contributed by atoms with E-state index in [9.17, 15) is 9.90 Å². The van der Waals surface area contributed by atoms with E-state index in [1.54, 1.807) is 11.3 Å². The van der Waals surface area contributed by atoms with Crippen molar-refractivity contribution in [2.24, 2.45) is 0 Å². The van der Waals surface area contributed by atoms with Gasteiger partial charge < -0.3 is 5.11 Å². The predicted molar refractivity (Wildman–Crippen MR) is 69.3 cm³/mol. The molecule has 17 heavy (non-hydrogen) atoms. The van der Waals surface area contributed by atoms with Gasteiger partial charge in [0.1, 0.15) is 5.54 Å². The van der Waals surface area contributed by atoms with Crippen LogP contribution in [0.15, 0.2) is 17.5 Å². The topological polar surface area (TPSA) is 40.5 Å². The van der Waals surface area contributed by atoms with Gasteiger partial charge in [-0.2, -0.15) is 0 Å². The van der Waals surface area contributed by atoms with Crippen molar-refractivity contribution in [2.45, 2.75) is 44.7 Å². The van der Waals surface area contributed by atoms with Crippen LogP contribution in [0, 0.1) is 0 Å². The van der Waals surface area contributed by atoms with Crippen LogP contribution in [0.5, 0.6) is 0 Å². The summed E-state index contributed by atoms with van der Waals surface area (Å²) in [5, 5.41) is 11.5. The molecule has 1 fully saturated rings. The van der Waals surface area contributed by atoms with Gasteiger partial charge in [-0.15, -0.1) is 11.3 Å².